The van der Waals surface area contributed by atoms with Gasteiger partial charge in [-0.15, -0.1) is 0 Å². The minimum absolute atomic E-state index is 0.140. The molecule has 0 bridgehead atoms. The van der Waals surface area contributed by atoms with E-state index in [1.165, 1.54) is 49.4 Å². The highest BCUT2D eigenvalue weighted by Gasteiger charge is 2.45. The van der Waals surface area contributed by atoms with Crippen molar-refractivity contribution in [2.45, 2.75) is 52.4 Å². The maximum absolute atomic E-state index is 2.65. The minimum Gasteiger partial charge on any atom is -0.311 e. The van der Waals surface area contributed by atoms with E-state index in [-0.39, 0.29) is 17.5 Å². The van der Waals surface area contributed by atoms with Crippen molar-refractivity contribution >= 4 is 96.1 Å². The highest BCUT2D eigenvalue weighted by molar-refractivity contribution is 7.00. The summed E-state index contributed by atoms with van der Waals surface area (Å²) < 4.78 is 2.51. The van der Waals surface area contributed by atoms with Crippen molar-refractivity contribution < 1.29 is 0 Å². The van der Waals surface area contributed by atoms with Gasteiger partial charge in [0, 0.05) is 67.6 Å². The zero-order valence-corrected chi connectivity index (χ0v) is 58.9. The lowest BCUT2D eigenvalue weighted by atomic mass is 9.33. The van der Waals surface area contributed by atoms with E-state index in [0.29, 0.717) is 0 Å². The normalized spacial score (nSPS) is 12.5. The van der Waals surface area contributed by atoms with Gasteiger partial charge in [-0.1, -0.05) is 284 Å². The van der Waals surface area contributed by atoms with Gasteiger partial charge in [-0.2, -0.15) is 0 Å². The molecule has 0 aliphatic carbocycles. The summed E-state index contributed by atoms with van der Waals surface area (Å²) in [5, 5.41) is 2.36. The Balaban J connectivity index is 0.965. The number of para-hydroxylation sites is 3. The summed E-state index contributed by atoms with van der Waals surface area (Å²) in [6, 6.07) is 134. The Bertz CT molecular complexity index is 5690. The molecule has 18 rings (SSSR count). The van der Waals surface area contributed by atoms with E-state index >= 15 is 0 Å². The third-order valence-corrected chi connectivity index (χ3v) is 21.1. The summed E-state index contributed by atoms with van der Waals surface area (Å²) in [5.41, 5.74) is 33.2. The molecule has 0 atom stereocenters. The van der Waals surface area contributed by atoms with Crippen molar-refractivity contribution in [2.75, 3.05) is 14.7 Å². The monoisotopic (exact) mass is 1320 g/mol. The van der Waals surface area contributed by atoms with Gasteiger partial charge in [0.05, 0.1) is 11.0 Å². The Morgan fingerprint density at radius 2 is 0.612 bits per heavy atom. The van der Waals surface area contributed by atoms with Crippen LogP contribution in [0.1, 0.15) is 52.7 Å². The molecule has 1 aromatic heterocycles. The van der Waals surface area contributed by atoms with Gasteiger partial charge in [0.1, 0.15) is 0 Å². The molecule has 4 nitrogen and oxygen atoms in total. The number of rotatable bonds is 12. The van der Waals surface area contributed by atoms with Crippen LogP contribution in [-0.2, 0) is 10.8 Å². The minimum atomic E-state index is -0.207. The average Bonchev–Trinajstić information content (AvgIpc) is 0.915. The number of benzene rings is 15. The molecule has 0 fully saturated rings. The second-order valence-electron chi connectivity index (χ2n) is 29.8. The van der Waals surface area contributed by atoms with Gasteiger partial charge in [-0.3, -0.25) is 0 Å². The molecule has 492 valence electrons. The third-order valence-electron chi connectivity index (χ3n) is 21.1. The van der Waals surface area contributed by atoms with E-state index in [9.17, 15) is 0 Å². The smallest absolute Gasteiger partial charge is 0.252 e. The topological polar surface area (TPSA) is 14.7 Å². The molecule has 0 saturated carbocycles. The molecule has 103 heavy (non-hydrogen) atoms. The van der Waals surface area contributed by atoms with E-state index < -0.39 is 0 Å². The summed E-state index contributed by atoms with van der Waals surface area (Å²) in [5.74, 6) is 0. The van der Waals surface area contributed by atoms with Gasteiger partial charge in [-0.25, -0.2) is 0 Å². The highest BCUT2D eigenvalue weighted by atomic mass is 15.2. The van der Waals surface area contributed by atoms with Gasteiger partial charge in [-0.05, 0) is 220 Å². The third kappa shape index (κ3) is 11.4. The molecule has 2 aliphatic rings. The second-order valence-corrected chi connectivity index (χ2v) is 29.8. The van der Waals surface area contributed by atoms with Crippen molar-refractivity contribution in [1.82, 2.24) is 4.57 Å². The SMILES string of the molecule is CC(C)(C)c1cc(-c2cc3c4c(c2)N(c2cc(-c5ccccc5)cc(-c5ccccc5)c2)c2cc(-n5c6ccccc6c6cc(N(c7ccccc7)c7ccccc7)ccc65)ccc2B4c2ccc(-c4ccccc4)cc2N3c2cc(-c3ccccc3)cc(-c3ccccc3)c2)cc(C(C)(C)C)c1. The van der Waals surface area contributed by atoms with Crippen molar-refractivity contribution in [3.05, 3.63) is 369 Å². The fourth-order valence-electron chi connectivity index (χ4n) is 16.0. The molecule has 0 radical (unpaired) electrons. The fraction of sp³-hybridized carbons (Fsp3) is 0.0816. The Hall–Kier alpha value is -12.4. The standard InChI is InChI=1S/C98H77BN4/c1-97(2,3)78-54-76(55-79(63-78)98(4,5)6)77-61-94-96-95(62-77)103(85-58-74(69-36-20-10-21-37-69)53-75(59-85)70-38-22-11-23-39-70)93-65-83(101-90-45-29-28-44-86(90)87-64-82(48-51-91(87)101)100(80-40-24-12-25-41-80)81-42-26-13-27-43-81)47-50-89(93)99(96)88-49-46-71(66-30-14-7-15-31-66)60-92(88)102(94)84-56-72(67-32-16-8-17-33-67)52-73(57-84)68-34-18-9-19-35-68/h7-65H,1-6H3. The van der Waals surface area contributed by atoms with Crippen LogP contribution < -0.4 is 31.1 Å². The lowest BCUT2D eigenvalue weighted by Crippen LogP contribution is -2.61. The van der Waals surface area contributed by atoms with Crippen molar-refractivity contribution in [1.29, 1.82) is 0 Å². The van der Waals surface area contributed by atoms with Crippen molar-refractivity contribution in [2.24, 2.45) is 0 Å². The van der Waals surface area contributed by atoms with Crippen LogP contribution in [-0.4, -0.2) is 11.3 Å². The molecular weight excluding hydrogens is 1240 g/mol. The van der Waals surface area contributed by atoms with Crippen molar-refractivity contribution in [3.63, 3.8) is 0 Å². The van der Waals surface area contributed by atoms with Crippen LogP contribution in [0.15, 0.2) is 358 Å². The molecule has 3 heterocycles. The second kappa shape index (κ2) is 25.3. The average molecular weight is 1320 g/mol. The number of nitrogens with zero attached hydrogens (tertiary/aromatic N) is 4. The van der Waals surface area contributed by atoms with Crippen LogP contribution in [0, 0.1) is 0 Å². The fourth-order valence-corrected chi connectivity index (χ4v) is 16.0. The van der Waals surface area contributed by atoms with Crippen LogP contribution in [0.5, 0.6) is 0 Å². The van der Waals surface area contributed by atoms with Gasteiger partial charge in [0.2, 0.25) is 0 Å². The number of hydrogen-bond donors (Lipinski definition) is 0. The molecule has 0 saturated heterocycles. The summed E-state index contributed by atoms with van der Waals surface area (Å²) >= 11 is 0. The molecular formula is C98H77BN4. The van der Waals surface area contributed by atoms with Crippen molar-refractivity contribution in [3.8, 4) is 72.4 Å². The number of aromatic nitrogens is 1. The molecule has 0 unspecified atom stereocenters. The maximum atomic E-state index is 2.65. The van der Waals surface area contributed by atoms with Crippen LogP contribution >= 0.6 is 0 Å². The Kier molecular flexibility index (Phi) is 15.4. The first-order valence-electron chi connectivity index (χ1n) is 36.1. The van der Waals surface area contributed by atoms with E-state index in [1.807, 2.05) is 0 Å². The Morgan fingerprint density at radius 1 is 0.243 bits per heavy atom. The molecule has 16 aromatic rings. The molecule has 0 spiro atoms. The van der Waals surface area contributed by atoms with Gasteiger partial charge >= 0.3 is 0 Å². The first kappa shape index (κ1) is 62.8. The molecule has 5 heteroatoms. The Labute approximate surface area is 605 Å². The predicted octanol–water partition coefficient (Wildman–Crippen LogP) is 24.9. The van der Waals surface area contributed by atoms with E-state index in [1.54, 1.807) is 0 Å². The summed E-state index contributed by atoms with van der Waals surface area (Å²) in [6.07, 6.45) is 0. The lowest BCUT2D eigenvalue weighted by molar-refractivity contribution is 0.569. The number of fused-ring (bicyclic) bond motifs is 7. The van der Waals surface area contributed by atoms with Crippen LogP contribution in [0.4, 0.5) is 51.2 Å². The summed E-state index contributed by atoms with van der Waals surface area (Å²) in [4.78, 5) is 7.65. The molecule has 0 amide bonds. The maximum Gasteiger partial charge on any atom is 0.252 e. The summed E-state index contributed by atoms with van der Waals surface area (Å²) in [6.45, 7) is 13.9. The van der Waals surface area contributed by atoms with E-state index in [4.69, 9.17) is 0 Å². The van der Waals surface area contributed by atoms with Gasteiger partial charge in [0.25, 0.3) is 6.71 Å². The summed E-state index contributed by atoms with van der Waals surface area (Å²) in [7, 11) is 0. The predicted molar refractivity (Wildman–Crippen MR) is 440 cm³/mol. The zero-order chi connectivity index (χ0) is 69.5. The molecule has 0 N–H and O–H groups in total. The number of hydrogen-bond acceptors (Lipinski definition) is 3. The lowest BCUT2D eigenvalue weighted by Gasteiger charge is -2.45. The first-order valence-corrected chi connectivity index (χ1v) is 36.1. The van der Waals surface area contributed by atoms with Crippen LogP contribution in [0.3, 0.4) is 0 Å². The van der Waals surface area contributed by atoms with E-state index in [2.05, 4.69) is 419 Å². The van der Waals surface area contributed by atoms with Crippen LogP contribution in [0.25, 0.3) is 94.3 Å². The molecule has 2 aliphatic heterocycles. The number of anilines is 9. The largest absolute Gasteiger partial charge is 0.311 e. The van der Waals surface area contributed by atoms with Gasteiger partial charge < -0.3 is 19.3 Å². The zero-order valence-electron chi connectivity index (χ0n) is 58.9. The van der Waals surface area contributed by atoms with E-state index in [0.717, 1.165) is 124 Å². The first-order chi connectivity index (χ1) is 50.3. The quantitative estimate of drug-likeness (QED) is 0.113. The molecule has 15 aromatic carbocycles. The Morgan fingerprint density at radius 3 is 1.07 bits per heavy atom. The van der Waals surface area contributed by atoms with Crippen LogP contribution in [0.2, 0.25) is 0 Å². The van der Waals surface area contributed by atoms with Gasteiger partial charge in [0.15, 0.2) is 0 Å². The highest BCUT2D eigenvalue weighted by Crippen LogP contribution is 2.51.